The molecule has 0 heterocycles. The van der Waals surface area contributed by atoms with Crippen LogP contribution in [0.1, 0.15) is 40.5 Å². The van der Waals surface area contributed by atoms with Gasteiger partial charge in [-0.1, -0.05) is 13.3 Å². The third-order valence-electron chi connectivity index (χ3n) is 2.93. The van der Waals surface area contributed by atoms with Gasteiger partial charge in [-0.05, 0) is 27.2 Å². The highest BCUT2D eigenvalue weighted by atomic mass is 127. The number of rotatable bonds is 7. The molecule has 0 unspecified atom stereocenters. The number of hydrogen-bond acceptors (Lipinski definition) is 3. The van der Waals surface area contributed by atoms with E-state index in [0.29, 0.717) is 5.96 Å². The molecule has 0 spiro atoms. The van der Waals surface area contributed by atoms with E-state index in [2.05, 4.69) is 22.5 Å². The van der Waals surface area contributed by atoms with Crippen molar-refractivity contribution in [2.24, 2.45) is 4.99 Å². The summed E-state index contributed by atoms with van der Waals surface area (Å²) >= 11 is 0. The van der Waals surface area contributed by atoms with E-state index in [1.807, 2.05) is 20.8 Å². The number of amides is 2. The predicted octanol–water partition coefficient (Wildman–Crippen LogP) is 1.28. The Morgan fingerprint density at radius 2 is 1.71 bits per heavy atom. The predicted molar refractivity (Wildman–Crippen MR) is 110 cm³/mol. The Labute approximate surface area is 163 Å². The van der Waals surface area contributed by atoms with Gasteiger partial charge in [0.25, 0.3) is 0 Å². The average Bonchev–Trinajstić information content (AvgIpc) is 2.39. The molecule has 0 bridgehead atoms. The zero-order valence-electron chi connectivity index (χ0n) is 16.1. The summed E-state index contributed by atoms with van der Waals surface area (Å²) in [6, 6.07) is 0. The Hall–Kier alpha value is -1.06. The molecule has 0 atom stereocenters. The summed E-state index contributed by atoms with van der Waals surface area (Å²) in [5, 5.41) is 6.12. The van der Waals surface area contributed by atoms with E-state index in [1.165, 1.54) is 4.90 Å². The van der Waals surface area contributed by atoms with Crippen molar-refractivity contribution >= 4 is 41.8 Å². The molecule has 0 fully saturated rings. The lowest BCUT2D eigenvalue weighted by Gasteiger charge is -2.25. The van der Waals surface area contributed by atoms with Crippen LogP contribution in [-0.4, -0.2) is 73.9 Å². The van der Waals surface area contributed by atoms with E-state index in [4.69, 9.17) is 0 Å². The summed E-state index contributed by atoms with van der Waals surface area (Å²) in [5.41, 5.74) is -0.272. The third kappa shape index (κ3) is 12.4. The van der Waals surface area contributed by atoms with Gasteiger partial charge in [-0.3, -0.25) is 9.59 Å². The summed E-state index contributed by atoms with van der Waals surface area (Å²) in [6.07, 6.45) is 2.06. The van der Waals surface area contributed by atoms with Crippen molar-refractivity contribution < 1.29 is 9.59 Å². The minimum Gasteiger partial charge on any atom is -0.356 e. The van der Waals surface area contributed by atoms with Crippen LogP contribution in [0.4, 0.5) is 0 Å². The lowest BCUT2D eigenvalue weighted by molar-refractivity contribution is -0.127. The van der Waals surface area contributed by atoms with Gasteiger partial charge in [-0.25, -0.2) is 4.99 Å². The van der Waals surface area contributed by atoms with Crippen LogP contribution in [-0.2, 0) is 9.59 Å². The molecule has 0 aliphatic rings. The molecule has 0 aromatic carbocycles. The minimum atomic E-state index is -0.272. The summed E-state index contributed by atoms with van der Waals surface area (Å²) in [6.45, 7) is 8.93. The maximum atomic E-state index is 12.0. The maximum Gasteiger partial charge on any atom is 0.243 e. The standard InChI is InChI=1S/C16H33N5O2.HI/c1-8-9-10-17-15(18-11-14(23)20(5)6)21(7)12-13(22)19-16(2,3)4;/h8-12H2,1-7H3,(H,17,18)(H,19,22);1H. The Kier molecular flexibility index (Phi) is 12.9. The number of nitrogens with zero attached hydrogens (tertiary/aromatic N) is 3. The van der Waals surface area contributed by atoms with Crippen molar-refractivity contribution in [2.45, 2.75) is 46.1 Å². The van der Waals surface area contributed by atoms with E-state index in [9.17, 15) is 9.59 Å². The van der Waals surface area contributed by atoms with Crippen LogP contribution in [0.25, 0.3) is 0 Å². The van der Waals surface area contributed by atoms with Crippen LogP contribution in [0.5, 0.6) is 0 Å². The van der Waals surface area contributed by atoms with Crippen molar-refractivity contribution in [1.82, 2.24) is 20.4 Å². The first-order chi connectivity index (χ1) is 10.6. The lowest BCUT2D eigenvalue weighted by Crippen LogP contribution is -2.49. The van der Waals surface area contributed by atoms with Crippen molar-refractivity contribution in [1.29, 1.82) is 0 Å². The van der Waals surface area contributed by atoms with E-state index < -0.39 is 0 Å². The van der Waals surface area contributed by atoms with E-state index >= 15 is 0 Å². The number of hydrogen-bond donors (Lipinski definition) is 2. The number of nitrogens with one attached hydrogen (secondary N) is 2. The fourth-order valence-electron chi connectivity index (χ4n) is 1.72. The molecule has 0 aromatic rings. The highest BCUT2D eigenvalue weighted by Crippen LogP contribution is 1.99. The topological polar surface area (TPSA) is 77.0 Å². The van der Waals surface area contributed by atoms with Gasteiger partial charge in [0.2, 0.25) is 11.8 Å². The Morgan fingerprint density at radius 1 is 1.12 bits per heavy atom. The van der Waals surface area contributed by atoms with Gasteiger partial charge in [-0.15, -0.1) is 24.0 Å². The molecule has 0 saturated carbocycles. The van der Waals surface area contributed by atoms with Gasteiger partial charge >= 0.3 is 0 Å². The second-order valence-electron chi connectivity index (χ2n) is 6.86. The molecule has 0 rings (SSSR count). The number of likely N-dealkylation sites (N-methyl/N-ethyl adjacent to an activating group) is 2. The van der Waals surface area contributed by atoms with Crippen molar-refractivity contribution in [2.75, 3.05) is 40.8 Å². The number of carbonyl (C=O) groups excluding carboxylic acids is 2. The smallest absolute Gasteiger partial charge is 0.243 e. The largest absolute Gasteiger partial charge is 0.356 e. The third-order valence-corrected chi connectivity index (χ3v) is 2.93. The zero-order chi connectivity index (χ0) is 18.0. The second-order valence-corrected chi connectivity index (χ2v) is 6.86. The molecule has 24 heavy (non-hydrogen) atoms. The van der Waals surface area contributed by atoms with Crippen LogP contribution >= 0.6 is 24.0 Å². The van der Waals surface area contributed by atoms with Crippen LogP contribution < -0.4 is 10.6 Å². The maximum absolute atomic E-state index is 12.0. The SMILES string of the molecule is CCCCNC(=NCC(=O)N(C)C)N(C)CC(=O)NC(C)(C)C.I. The van der Waals surface area contributed by atoms with Crippen LogP contribution in [0, 0.1) is 0 Å². The highest BCUT2D eigenvalue weighted by molar-refractivity contribution is 14.0. The first-order valence-electron chi connectivity index (χ1n) is 8.07. The summed E-state index contributed by atoms with van der Waals surface area (Å²) in [5.74, 6) is 0.411. The van der Waals surface area contributed by atoms with Gasteiger partial charge < -0.3 is 20.4 Å². The number of guanidine groups is 1. The van der Waals surface area contributed by atoms with Crippen LogP contribution in [0.15, 0.2) is 4.99 Å². The molecule has 8 heteroatoms. The first kappa shape index (κ1) is 25.2. The van der Waals surface area contributed by atoms with E-state index in [-0.39, 0.29) is 54.4 Å². The molecule has 0 aromatic heterocycles. The molecular formula is C16H34IN5O2. The van der Waals surface area contributed by atoms with Crippen molar-refractivity contribution in [3.8, 4) is 0 Å². The van der Waals surface area contributed by atoms with Crippen LogP contribution in [0.2, 0.25) is 0 Å². The normalized spacial score (nSPS) is 11.4. The number of carbonyl (C=O) groups is 2. The zero-order valence-corrected chi connectivity index (χ0v) is 18.4. The van der Waals surface area contributed by atoms with E-state index in [0.717, 1.165) is 19.4 Å². The fourth-order valence-corrected chi connectivity index (χ4v) is 1.72. The monoisotopic (exact) mass is 455 g/mol. The molecule has 2 N–H and O–H groups in total. The Bertz CT molecular complexity index is 419. The van der Waals surface area contributed by atoms with Crippen LogP contribution in [0.3, 0.4) is 0 Å². The van der Waals surface area contributed by atoms with Gasteiger partial charge in [-0.2, -0.15) is 0 Å². The molecule has 0 aliphatic heterocycles. The number of unbranched alkanes of at least 4 members (excludes halogenated alkanes) is 1. The fraction of sp³-hybridized carbons (Fsp3) is 0.812. The Morgan fingerprint density at radius 3 is 2.17 bits per heavy atom. The number of halogens is 1. The van der Waals surface area contributed by atoms with Gasteiger partial charge in [0.05, 0.1) is 6.54 Å². The van der Waals surface area contributed by atoms with Crippen molar-refractivity contribution in [3.63, 3.8) is 0 Å². The molecular weight excluding hydrogens is 421 g/mol. The highest BCUT2D eigenvalue weighted by Gasteiger charge is 2.17. The molecule has 0 radical (unpaired) electrons. The summed E-state index contributed by atoms with van der Waals surface area (Å²) in [4.78, 5) is 31.3. The van der Waals surface area contributed by atoms with E-state index in [1.54, 1.807) is 26.0 Å². The summed E-state index contributed by atoms with van der Waals surface area (Å²) in [7, 11) is 5.19. The quantitative estimate of drug-likeness (QED) is 0.263. The minimum absolute atomic E-state index is 0. The molecule has 7 nitrogen and oxygen atoms in total. The molecule has 0 saturated heterocycles. The van der Waals surface area contributed by atoms with Crippen molar-refractivity contribution in [3.05, 3.63) is 0 Å². The molecule has 2 amide bonds. The molecule has 142 valence electrons. The number of aliphatic imine (C=N–C) groups is 1. The molecule has 0 aliphatic carbocycles. The Balaban J connectivity index is 0. The van der Waals surface area contributed by atoms with Gasteiger partial charge in [0, 0.05) is 33.2 Å². The van der Waals surface area contributed by atoms with Gasteiger partial charge in [0.15, 0.2) is 5.96 Å². The lowest BCUT2D eigenvalue weighted by atomic mass is 10.1. The average molecular weight is 455 g/mol. The first-order valence-corrected chi connectivity index (χ1v) is 8.07. The second kappa shape index (κ2) is 12.3. The summed E-state index contributed by atoms with van der Waals surface area (Å²) < 4.78 is 0. The van der Waals surface area contributed by atoms with Gasteiger partial charge in [0.1, 0.15) is 6.54 Å².